The van der Waals surface area contributed by atoms with E-state index in [9.17, 15) is 9.59 Å². The van der Waals surface area contributed by atoms with Crippen LogP contribution in [0.4, 0.5) is 0 Å². The van der Waals surface area contributed by atoms with Crippen LogP contribution in [0.2, 0.25) is 5.02 Å². The van der Waals surface area contributed by atoms with Crippen molar-refractivity contribution in [1.29, 1.82) is 0 Å². The van der Waals surface area contributed by atoms with Crippen LogP contribution in [0.15, 0.2) is 29.8 Å². The van der Waals surface area contributed by atoms with Crippen molar-refractivity contribution in [2.75, 3.05) is 13.2 Å². The van der Waals surface area contributed by atoms with E-state index in [1.54, 1.807) is 24.5 Å². The molecule has 23 heavy (non-hydrogen) atoms. The molecule has 0 N–H and O–H groups in total. The molecule has 1 aromatic carbocycles. The molecule has 0 radical (unpaired) electrons. The summed E-state index contributed by atoms with van der Waals surface area (Å²) in [5.74, 6) is -1.03. The number of fused-ring (bicyclic) bond motifs is 3. The molecule has 0 saturated heterocycles. The summed E-state index contributed by atoms with van der Waals surface area (Å²) in [6.07, 6.45) is 1.61. The lowest BCUT2D eigenvalue weighted by Crippen LogP contribution is -2.25. The minimum absolute atomic E-state index is 0.230. The molecule has 0 spiro atoms. The van der Waals surface area contributed by atoms with Crippen LogP contribution in [0.1, 0.15) is 25.6 Å². The molecule has 0 fully saturated rings. The zero-order chi connectivity index (χ0) is 16.6. The highest BCUT2D eigenvalue weighted by molar-refractivity contribution is 6.37. The highest BCUT2D eigenvalue weighted by Crippen LogP contribution is 2.42. The average Bonchev–Trinajstić information content (AvgIpc) is 3.05. The summed E-state index contributed by atoms with van der Waals surface area (Å²) < 4.78 is 12.0. The average molecular weight is 334 g/mol. The number of carbonyl (C=O) groups is 2. The fraction of sp³-hybridized carbons (Fsp3) is 0.294. The molecular weight excluding hydrogens is 318 g/mol. The van der Waals surface area contributed by atoms with Gasteiger partial charge >= 0.3 is 11.9 Å². The molecule has 1 unspecified atom stereocenters. The molecule has 2 aromatic rings. The Bertz CT molecular complexity index is 821. The first-order valence-corrected chi connectivity index (χ1v) is 7.81. The molecule has 0 aliphatic carbocycles. The quantitative estimate of drug-likeness (QED) is 0.805. The largest absolute Gasteiger partial charge is 0.464 e. The second-order valence-electron chi connectivity index (χ2n) is 5.06. The third kappa shape index (κ3) is 2.41. The first-order valence-electron chi connectivity index (χ1n) is 7.43. The van der Waals surface area contributed by atoms with Crippen molar-refractivity contribution in [3.8, 4) is 0 Å². The number of hydrogen-bond donors (Lipinski definition) is 0. The Balaban J connectivity index is 2.19. The van der Waals surface area contributed by atoms with Gasteiger partial charge in [-0.15, -0.1) is 0 Å². The fourth-order valence-electron chi connectivity index (χ4n) is 2.86. The Kier molecular flexibility index (Phi) is 4.13. The van der Waals surface area contributed by atoms with E-state index in [-0.39, 0.29) is 18.8 Å². The predicted octanol–water partition coefficient (Wildman–Crippen LogP) is 3.36. The van der Waals surface area contributed by atoms with Crippen LogP contribution in [0.5, 0.6) is 0 Å². The Morgan fingerprint density at radius 2 is 1.87 bits per heavy atom. The van der Waals surface area contributed by atoms with Crippen LogP contribution in [-0.2, 0) is 19.1 Å². The zero-order valence-electron chi connectivity index (χ0n) is 12.8. The van der Waals surface area contributed by atoms with E-state index in [2.05, 4.69) is 0 Å². The maximum Gasteiger partial charge on any atom is 0.336 e. The number of esters is 2. The molecule has 1 aliphatic heterocycles. The van der Waals surface area contributed by atoms with E-state index >= 15 is 0 Å². The van der Waals surface area contributed by atoms with Crippen LogP contribution in [0.25, 0.3) is 17.0 Å². The molecule has 120 valence electrons. The summed E-state index contributed by atoms with van der Waals surface area (Å²) in [4.78, 5) is 24.7. The van der Waals surface area contributed by atoms with Crippen LogP contribution >= 0.6 is 11.6 Å². The zero-order valence-corrected chi connectivity index (χ0v) is 13.6. The van der Waals surface area contributed by atoms with Gasteiger partial charge in [-0.05, 0) is 26.0 Å². The molecule has 1 aliphatic rings. The third-order valence-corrected chi connectivity index (χ3v) is 4.15. The Labute approximate surface area is 138 Å². The van der Waals surface area contributed by atoms with E-state index in [1.807, 2.05) is 24.3 Å². The molecule has 0 amide bonds. The van der Waals surface area contributed by atoms with Crippen molar-refractivity contribution in [3.05, 3.63) is 40.6 Å². The van der Waals surface area contributed by atoms with E-state index < -0.39 is 18.0 Å². The molecule has 0 bridgehead atoms. The lowest BCUT2D eigenvalue weighted by Gasteiger charge is -2.17. The van der Waals surface area contributed by atoms with E-state index in [1.165, 1.54) is 0 Å². The van der Waals surface area contributed by atoms with Gasteiger partial charge in [-0.25, -0.2) is 9.59 Å². The van der Waals surface area contributed by atoms with Gasteiger partial charge in [-0.3, -0.25) is 0 Å². The minimum Gasteiger partial charge on any atom is -0.464 e. The normalized spacial score (nSPS) is 16.1. The molecule has 1 atom stereocenters. The summed E-state index contributed by atoms with van der Waals surface area (Å²) in [5, 5.41) is 1.34. The monoisotopic (exact) mass is 333 g/mol. The van der Waals surface area contributed by atoms with Gasteiger partial charge in [0.15, 0.2) is 6.04 Å². The van der Waals surface area contributed by atoms with Crippen LogP contribution in [-0.4, -0.2) is 29.7 Å². The van der Waals surface area contributed by atoms with E-state index in [4.69, 9.17) is 21.1 Å². The molecule has 5 nitrogen and oxygen atoms in total. The number of halogens is 1. The van der Waals surface area contributed by atoms with Crippen molar-refractivity contribution < 1.29 is 19.1 Å². The number of ether oxygens (including phenoxy) is 2. The SMILES string of the molecule is CCOC(=O)C1=Cc2c(Cl)c3ccccc3n2C1C(=O)OCC. The Morgan fingerprint density at radius 3 is 2.57 bits per heavy atom. The predicted molar refractivity (Wildman–Crippen MR) is 87.2 cm³/mol. The van der Waals surface area contributed by atoms with Crippen molar-refractivity contribution in [2.45, 2.75) is 19.9 Å². The lowest BCUT2D eigenvalue weighted by molar-refractivity contribution is -0.148. The van der Waals surface area contributed by atoms with Crippen molar-refractivity contribution in [2.24, 2.45) is 0 Å². The number of nitrogens with zero attached hydrogens (tertiary/aromatic N) is 1. The van der Waals surface area contributed by atoms with Crippen LogP contribution in [0.3, 0.4) is 0 Å². The van der Waals surface area contributed by atoms with Gasteiger partial charge in [-0.2, -0.15) is 0 Å². The number of carbonyl (C=O) groups excluding carboxylic acids is 2. The number of hydrogen-bond acceptors (Lipinski definition) is 4. The molecule has 1 aromatic heterocycles. The summed E-state index contributed by atoms with van der Waals surface area (Å²) in [5.41, 5.74) is 1.64. The summed E-state index contributed by atoms with van der Waals surface area (Å²) in [6, 6.07) is 6.60. The van der Waals surface area contributed by atoms with E-state index in [0.29, 0.717) is 10.7 Å². The van der Waals surface area contributed by atoms with Gasteiger partial charge < -0.3 is 14.0 Å². The second kappa shape index (κ2) is 6.08. The Morgan fingerprint density at radius 1 is 1.17 bits per heavy atom. The molecule has 3 rings (SSSR count). The van der Waals surface area contributed by atoms with Crippen LogP contribution in [0, 0.1) is 0 Å². The lowest BCUT2D eigenvalue weighted by atomic mass is 10.1. The highest BCUT2D eigenvalue weighted by atomic mass is 35.5. The summed E-state index contributed by atoms with van der Waals surface area (Å²) in [7, 11) is 0. The standard InChI is InChI=1S/C17H16ClNO4/c1-3-22-16(20)11-9-13-14(18)10-7-5-6-8-12(10)19(13)15(11)17(21)23-4-2/h5-9,15H,3-4H2,1-2H3. The van der Waals surface area contributed by atoms with Gasteiger partial charge in [0.05, 0.1) is 35.0 Å². The second-order valence-corrected chi connectivity index (χ2v) is 5.44. The first-order chi connectivity index (χ1) is 11.1. The van der Waals surface area contributed by atoms with Crippen molar-refractivity contribution in [3.63, 3.8) is 0 Å². The number of rotatable bonds is 4. The minimum atomic E-state index is -0.874. The summed E-state index contributed by atoms with van der Waals surface area (Å²) >= 11 is 6.43. The van der Waals surface area contributed by atoms with Crippen molar-refractivity contribution >= 4 is 40.5 Å². The van der Waals surface area contributed by atoms with Crippen molar-refractivity contribution in [1.82, 2.24) is 4.57 Å². The first kappa shape index (κ1) is 15.6. The Hall–Kier alpha value is -2.27. The van der Waals surface area contributed by atoms with Gasteiger partial charge in [0.2, 0.25) is 0 Å². The molecule has 0 saturated carbocycles. The highest BCUT2D eigenvalue weighted by Gasteiger charge is 2.39. The fourth-order valence-corrected chi connectivity index (χ4v) is 3.16. The smallest absolute Gasteiger partial charge is 0.336 e. The van der Waals surface area contributed by atoms with Gasteiger partial charge in [0.1, 0.15) is 0 Å². The van der Waals surface area contributed by atoms with Gasteiger partial charge in [0, 0.05) is 5.39 Å². The number of benzene rings is 1. The molecular formula is C17H16ClNO4. The maximum atomic E-state index is 12.4. The number of para-hydroxylation sites is 1. The van der Waals surface area contributed by atoms with E-state index in [0.717, 1.165) is 10.9 Å². The number of aromatic nitrogens is 1. The topological polar surface area (TPSA) is 57.5 Å². The van der Waals surface area contributed by atoms with Gasteiger partial charge in [-0.1, -0.05) is 29.8 Å². The van der Waals surface area contributed by atoms with Crippen LogP contribution < -0.4 is 0 Å². The third-order valence-electron chi connectivity index (χ3n) is 3.75. The van der Waals surface area contributed by atoms with Gasteiger partial charge in [0.25, 0.3) is 0 Å². The molecule has 2 heterocycles. The summed E-state index contributed by atoms with van der Waals surface area (Å²) in [6.45, 7) is 3.90. The molecule has 6 heteroatoms. The maximum absolute atomic E-state index is 12.4.